The van der Waals surface area contributed by atoms with E-state index in [9.17, 15) is 8.78 Å². The summed E-state index contributed by atoms with van der Waals surface area (Å²) >= 11 is 0. The van der Waals surface area contributed by atoms with Gasteiger partial charge in [0.2, 0.25) is 0 Å². The van der Waals surface area contributed by atoms with Gasteiger partial charge >= 0.3 is 6.61 Å². The molecule has 0 heterocycles. The molecule has 0 bridgehead atoms. The van der Waals surface area contributed by atoms with Crippen molar-refractivity contribution in [1.82, 2.24) is 0 Å². The number of hydrogen-bond donors (Lipinski definition) is 1. The highest BCUT2D eigenvalue weighted by Crippen LogP contribution is 2.18. The van der Waals surface area contributed by atoms with Gasteiger partial charge in [0.1, 0.15) is 5.75 Å². The maximum absolute atomic E-state index is 11.9. The van der Waals surface area contributed by atoms with Crippen molar-refractivity contribution in [1.29, 1.82) is 0 Å². The van der Waals surface area contributed by atoms with E-state index in [0.717, 1.165) is 5.56 Å². The molecular weight excluding hydrogens is 216 g/mol. The van der Waals surface area contributed by atoms with Crippen LogP contribution in [0.2, 0.25) is 0 Å². The predicted octanol–water partition coefficient (Wildman–Crippen LogP) is 2.32. The highest BCUT2D eigenvalue weighted by atomic mass is 19.3. The second-order valence-corrected chi connectivity index (χ2v) is 3.21. The van der Waals surface area contributed by atoms with Gasteiger partial charge in [0.05, 0.1) is 12.6 Å². The molecule has 5 heteroatoms. The molecular formula is C11H15F2NO2. The Bertz CT molecular complexity index is 303. The fourth-order valence-electron chi connectivity index (χ4n) is 1.24. The standard InChI is InChI=1S/C11H15F2NO2/c1-2-15-7-10(14)8-3-5-9(6-4-8)16-11(12)13/h3-6,10-11H,2,7,14H2,1H3. The Hall–Kier alpha value is -1.20. The molecule has 0 aliphatic carbocycles. The number of rotatable bonds is 6. The lowest BCUT2D eigenvalue weighted by atomic mass is 10.1. The minimum atomic E-state index is -2.80. The number of ether oxygens (including phenoxy) is 2. The molecule has 0 saturated heterocycles. The van der Waals surface area contributed by atoms with Crippen molar-refractivity contribution in [3.63, 3.8) is 0 Å². The van der Waals surface area contributed by atoms with Crippen LogP contribution in [0.5, 0.6) is 5.75 Å². The molecule has 16 heavy (non-hydrogen) atoms. The maximum atomic E-state index is 11.9. The van der Waals surface area contributed by atoms with Crippen molar-refractivity contribution in [3.8, 4) is 5.75 Å². The number of benzene rings is 1. The third-order valence-electron chi connectivity index (χ3n) is 2.03. The Kier molecular flexibility index (Phi) is 5.14. The zero-order valence-corrected chi connectivity index (χ0v) is 9.03. The Morgan fingerprint density at radius 2 is 1.88 bits per heavy atom. The molecule has 1 aromatic rings. The highest BCUT2D eigenvalue weighted by Gasteiger charge is 2.07. The molecule has 0 aliphatic heterocycles. The molecule has 0 fully saturated rings. The van der Waals surface area contributed by atoms with Gasteiger partial charge in [0.15, 0.2) is 0 Å². The summed E-state index contributed by atoms with van der Waals surface area (Å²) in [5, 5.41) is 0. The van der Waals surface area contributed by atoms with E-state index in [1.54, 1.807) is 12.1 Å². The van der Waals surface area contributed by atoms with Crippen molar-refractivity contribution in [3.05, 3.63) is 29.8 Å². The Labute approximate surface area is 93.2 Å². The van der Waals surface area contributed by atoms with Crippen molar-refractivity contribution in [2.24, 2.45) is 5.73 Å². The van der Waals surface area contributed by atoms with Crippen molar-refractivity contribution < 1.29 is 18.3 Å². The highest BCUT2D eigenvalue weighted by molar-refractivity contribution is 5.29. The van der Waals surface area contributed by atoms with Gasteiger partial charge in [-0.05, 0) is 24.6 Å². The second kappa shape index (κ2) is 6.40. The molecule has 0 aromatic heterocycles. The topological polar surface area (TPSA) is 44.5 Å². The molecule has 1 aromatic carbocycles. The van der Waals surface area contributed by atoms with E-state index in [-0.39, 0.29) is 11.8 Å². The van der Waals surface area contributed by atoms with Gasteiger partial charge in [-0.3, -0.25) is 0 Å². The summed E-state index contributed by atoms with van der Waals surface area (Å²) in [5.41, 5.74) is 6.65. The van der Waals surface area contributed by atoms with E-state index in [0.29, 0.717) is 13.2 Å². The van der Waals surface area contributed by atoms with Crippen LogP contribution in [0, 0.1) is 0 Å². The molecule has 0 aliphatic rings. The number of alkyl halides is 2. The molecule has 0 saturated carbocycles. The average Bonchev–Trinajstić information content (AvgIpc) is 2.26. The molecule has 90 valence electrons. The van der Waals surface area contributed by atoms with Crippen LogP contribution in [0.25, 0.3) is 0 Å². The zero-order valence-electron chi connectivity index (χ0n) is 9.03. The largest absolute Gasteiger partial charge is 0.435 e. The molecule has 0 radical (unpaired) electrons. The Morgan fingerprint density at radius 3 is 2.38 bits per heavy atom. The maximum Gasteiger partial charge on any atom is 0.387 e. The van der Waals surface area contributed by atoms with Crippen LogP contribution in [0.1, 0.15) is 18.5 Å². The SMILES string of the molecule is CCOCC(N)c1ccc(OC(F)F)cc1. The summed E-state index contributed by atoms with van der Waals surface area (Å²) in [6.45, 7) is 0.0842. The average molecular weight is 231 g/mol. The number of nitrogens with two attached hydrogens (primary N) is 1. The Balaban J connectivity index is 2.56. The van der Waals surface area contributed by atoms with Crippen LogP contribution in [-0.2, 0) is 4.74 Å². The lowest BCUT2D eigenvalue weighted by Gasteiger charge is -2.12. The van der Waals surface area contributed by atoms with E-state index < -0.39 is 6.61 Å². The third kappa shape index (κ3) is 4.12. The van der Waals surface area contributed by atoms with Crippen LogP contribution < -0.4 is 10.5 Å². The van der Waals surface area contributed by atoms with Gasteiger partial charge in [-0.25, -0.2) is 0 Å². The summed E-state index contributed by atoms with van der Waals surface area (Å²) in [4.78, 5) is 0. The van der Waals surface area contributed by atoms with Crippen LogP contribution in [0.4, 0.5) is 8.78 Å². The van der Waals surface area contributed by atoms with Gasteiger partial charge in [-0.15, -0.1) is 0 Å². The normalized spacial score (nSPS) is 12.8. The van der Waals surface area contributed by atoms with Gasteiger partial charge < -0.3 is 15.2 Å². The molecule has 1 atom stereocenters. The van der Waals surface area contributed by atoms with E-state index in [1.807, 2.05) is 6.92 Å². The van der Waals surface area contributed by atoms with Crippen LogP contribution in [0.3, 0.4) is 0 Å². The molecule has 2 N–H and O–H groups in total. The monoisotopic (exact) mass is 231 g/mol. The van der Waals surface area contributed by atoms with Crippen molar-refractivity contribution in [2.75, 3.05) is 13.2 Å². The van der Waals surface area contributed by atoms with Gasteiger partial charge in [0.25, 0.3) is 0 Å². The lowest BCUT2D eigenvalue weighted by Crippen LogP contribution is -2.17. The number of hydrogen-bond acceptors (Lipinski definition) is 3. The quantitative estimate of drug-likeness (QED) is 0.817. The van der Waals surface area contributed by atoms with E-state index in [1.165, 1.54) is 12.1 Å². The second-order valence-electron chi connectivity index (χ2n) is 3.21. The van der Waals surface area contributed by atoms with Crippen molar-refractivity contribution >= 4 is 0 Å². The first kappa shape index (κ1) is 12.9. The van der Waals surface area contributed by atoms with Crippen LogP contribution in [-0.4, -0.2) is 19.8 Å². The van der Waals surface area contributed by atoms with E-state index in [4.69, 9.17) is 10.5 Å². The molecule has 0 amide bonds. The minimum Gasteiger partial charge on any atom is -0.435 e. The molecule has 1 rings (SSSR count). The number of halogens is 2. The predicted molar refractivity (Wildman–Crippen MR) is 56.5 cm³/mol. The summed E-state index contributed by atoms with van der Waals surface area (Å²) in [6.07, 6.45) is 0. The first-order chi connectivity index (χ1) is 7.63. The van der Waals surface area contributed by atoms with Gasteiger partial charge in [-0.2, -0.15) is 8.78 Å². The summed E-state index contributed by atoms with van der Waals surface area (Å²) in [5.74, 6) is 0.127. The fraction of sp³-hybridized carbons (Fsp3) is 0.455. The lowest BCUT2D eigenvalue weighted by molar-refractivity contribution is -0.0498. The van der Waals surface area contributed by atoms with Gasteiger partial charge in [-0.1, -0.05) is 12.1 Å². The van der Waals surface area contributed by atoms with Crippen LogP contribution in [0.15, 0.2) is 24.3 Å². The minimum absolute atomic E-state index is 0.127. The smallest absolute Gasteiger partial charge is 0.387 e. The molecule has 3 nitrogen and oxygen atoms in total. The first-order valence-electron chi connectivity index (χ1n) is 5.01. The van der Waals surface area contributed by atoms with Crippen LogP contribution >= 0.6 is 0 Å². The Morgan fingerprint density at radius 1 is 1.25 bits per heavy atom. The van der Waals surface area contributed by atoms with E-state index in [2.05, 4.69) is 4.74 Å². The van der Waals surface area contributed by atoms with Gasteiger partial charge in [0, 0.05) is 6.61 Å². The third-order valence-corrected chi connectivity index (χ3v) is 2.03. The van der Waals surface area contributed by atoms with E-state index >= 15 is 0 Å². The van der Waals surface area contributed by atoms with Crippen molar-refractivity contribution in [2.45, 2.75) is 19.6 Å². The molecule has 1 unspecified atom stereocenters. The summed E-state index contributed by atoms with van der Waals surface area (Å²) in [6, 6.07) is 5.99. The summed E-state index contributed by atoms with van der Waals surface area (Å²) < 4.78 is 33.2. The summed E-state index contributed by atoms with van der Waals surface area (Å²) in [7, 11) is 0. The first-order valence-corrected chi connectivity index (χ1v) is 5.01. The zero-order chi connectivity index (χ0) is 12.0. The molecule has 0 spiro atoms. The fourth-order valence-corrected chi connectivity index (χ4v) is 1.24.